The Balaban J connectivity index is 1.47. The van der Waals surface area contributed by atoms with Crippen LogP contribution in [-0.2, 0) is 22.7 Å². The number of ether oxygens (including phenoxy) is 1. The molecule has 2 N–H and O–H groups in total. The highest BCUT2D eigenvalue weighted by Crippen LogP contribution is 2.38. The van der Waals surface area contributed by atoms with Crippen molar-refractivity contribution >= 4 is 38.0 Å². The van der Waals surface area contributed by atoms with Crippen LogP contribution >= 0.6 is 11.3 Å². The molecule has 2 aromatic rings. The largest absolute Gasteiger partial charge is 0.494 e. The summed E-state index contributed by atoms with van der Waals surface area (Å²) in [4.78, 5) is 27.3. The molecule has 1 aliphatic carbocycles. The minimum atomic E-state index is -3.10. The standard InChI is InChI=1S/C25H32N2O5S2/c1-2-3-6-14-32-19-11-9-17(10-12-19)23(28)27-25-22(20-7-4-5-8-21(20)33-25)24(29)26-18-13-15-34(30,31)16-18/h9-12,18H,2-8,13-16H2,1H3,(H,26,29)(H,27,28). The lowest BCUT2D eigenvalue weighted by Gasteiger charge is -2.15. The van der Waals surface area contributed by atoms with Crippen LogP contribution in [0.3, 0.4) is 0 Å². The molecule has 1 saturated heterocycles. The third-order valence-corrected chi connectivity index (χ3v) is 9.30. The highest BCUT2D eigenvalue weighted by molar-refractivity contribution is 7.91. The van der Waals surface area contributed by atoms with Gasteiger partial charge in [-0.2, -0.15) is 0 Å². The minimum Gasteiger partial charge on any atom is -0.494 e. The lowest BCUT2D eigenvalue weighted by atomic mass is 9.95. The number of fused-ring (bicyclic) bond motifs is 1. The van der Waals surface area contributed by atoms with E-state index in [-0.39, 0.29) is 29.4 Å². The quantitative estimate of drug-likeness (QED) is 0.494. The van der Waals surface area contributed by atoms with E-state index < -0.39 is 9.84 Å². The highest BCUT2D eigenvalue weighted by Gasteiger charge is 2.32. The first-order valence-electron chi connectivity index (χ1n) is 12.1. The number of benzene rings is 1. The Morgan fingerprint density at radius 2 is 1.85 bits per heavy atom. The van der Waals surface area contributed by atoms with Crippen LogP contribution in [0.4, 0.5) is 5.00 Å². The average molecular weight is 505 g/mol. The molecule has 7 nitrogen and oxygen atoms in total. The Morgan fingerprint density at radius 3 is 2.56 bits per heavy atom. The first kappa shape index (κ1) is 24.7. The first-order chi connectivity index (χ1) is 16.4. The maximum absolute atomic E-state index is 13.2. The highest BCUT2D eigenvalue weighted by atomic mass is 32.2. The van der Waals surface area contributed by atoms with Crippen molar-refractivity contribution in [3.8, 4) is 5.75 Å². The molecular formula is C25H32N2O5S2. The summed E-state index contributed by atoms with van der Waals surface area (Å²) in [5, 5.41) is 6.38. The summed E-state index contributed by atoms with van der Waals surface area (Å²) in [6.45, 7) is 2.80. The van der Waals surface area contributed by atoms with Gasteiger partial charge in [0.05, 0.1) is 23.7 Å². The van der Waals surface area contributed by atoms with Gasteiger partial charge >= 0.3 is 0 Å². The molecule has 2 heterocycles. The second kappa shape index (κ2) is 10.9. The number of thiophene rings is 1. The number of sulfone groups is 1. The van der Waals surface area contributed by atoms with Crippen LogP contribution in [-0.4, -0.2) is 44.4 Å². The molecule has 9 heteroatoms. The molecule has 0 bridgehead atoms. The van der Waals surface area contributed by atoms with Crippen LogP contribution in [0.5, 0.6) is 5.75 Å². The SMILES string of the molecule is CCCCCOc1ccc(C(=O)Nc2sc3c(c2C(=O)NC2CCS(=O)(=O)C2)CCCC3)cc1. The number of carbonyl (C=O) groups excluding carboxylic acids is 2. The molecule has 0 radical (unpaired) electrons. The van der Waals surface area contributed by atoms with Gasteiger partial charge in [-0.1, -0.05) is 19.8 Å². The van der Waals surface area contributed by atoms with E-state index in [2.05, 4.69) is 17.6 Å². The fourth-order valence-corrected chi connectivity index (χ4v) is 7.44. The Morgan fingerprint density at radius 1 is 1.09 bits per heavy atom. The van der Waals surface area contributed by atoms with E-state index >= 15 is 0 Å². The summed E-state index contributed by atoms with van der Waals surface area (Å²) in [5.74, 6) is 0.216. The summed E-state index contributed by atoms with van der Waals surface area (Å²) < 4.78 is 29.3. The average Bonchev–Trinajstić information content (AvgIpc) is 3.35. The number of rotatable bonds is 9. The molecule has 1 fully saturated rings. The van der Waals surface area contributed by atoms with E-state index in [1.807, 2.05) is 0 Å². The Bertz CT molecular complexity index is 1140. The first-order valence-corrected chi connectivity index (χ1v) is 14.7. The molecule has 4 rings (SSSR count). The molecule has 0 spiro atoms. The lowest BCUT2D eigenvalue weighted by Crippen LogP contribution is -2.36. The van der Waals surface area contributed by atoms with Crippen LogP contribution in [0.15, 0.2) is 24.3 Å². The van der Waals surface area contributed by atoms with Crippen LogP contribution in [0, 0.1) is 0 Å². The van der Waals surface area contributed by atoms with Gasteiger partial charge < -0.3 is 15.4 Å². The second-order valence-electron chi connectivity index (χ2n) is 9.02. The topological polar surface area (TPSA) is 102 Å². The van der Waals surface area contributed by atoms with Crippen molar-refractivity contribution in [2.75, 3.05) is 23.4 Å². The summed E-state index contributed by atoms with van der Waals surface area (Å²) in [7, 11) is -3.10. The predicted octanol–water partition coefficient (Wildman–Crippen LogP) is 4.37. The van der Waals surface area contributed by atoms with Gasteiger partial charge in [0.25, 0.3) is 11.8 Å². The van der Waals surface area contributed by atoms with E-state index in [1.165, 1.54) is 11.3 Å². The van der Waals surface area contributed by atoms with Crippen molar-refractivity contribution in [1.82, 2.24) is 5.32 Å². The molecule has 0 saturated carbocycles. The van der Waals surface area contributed by atoms with Gasteiger partial charge in [0.15, 0.2) is 9.84 Å². The van der Waals surface area contributed by atoms with Gasteiger partial charge in [0.2, 0.25) is 0 Å². The maximum atomic E-state index is 13.2. The zero-order valence-electron chi connectivity index (χ0n) is 19.5. The van der Waals surface area contributed by atoms with E-state index in [0.717, 1.165) is 61.1 Å². The Kier molecular flexibility index (Phi) is 7.93. The third-order valence-electron chi connectivity index (χ3n) is 6.33. The van der Waals surface area contributed by atoms with Crippen molar-refractivity contribution in [2.24, 2.45) is 0 Å². The van der Waals surface area contributed by atoms with Crippen molar-refractivity contribution in [1.29, 1.82) is 0 Å². The number of amides is 2. The molecule has 34 heavy (non-hydrogen) atoms. The van der Waals surface area contributed by atoms with E-state index in [4.69, 9.17) is 4.74 Å². The summed E-state index contributed by atoms with van der Waals surface area (Å²) in [6, 6.07) is 6.63. The molecule has 2 amide bonds. The van der Waals surface area contributed by atoms with Gasteiger partial charge in [0.1, 0.15) is 10.8 Å². The van der Waals surface area contributed by atoms with Crippen molar-refractivity contribution < 1.29 is 22.7 Å². The monoisotopic (exact) mass is 504 g/mol. The number of aryl methyl sites for hydroxylation is 1. The number of hydrogen-bond donors (Lipinski definition) is 2. The summed E-state index contributed by atoms with van der Waals surface area (Å²) >= 11 is 1.45. The van der Waals surface area contributed by atoms with Gasteiger partial charge in [-0.05, 0) is 68.4 Å². The minimum absolute atomic E-state index is 0.0282. The van der Waals surface area contributed by atoms with Crippen LogP contribution in [0.2, 0.25) is 0 Å². The van der Waals surface area contributed by atoms with Crippen molar-refractivity contribution in [2.45, 2.75) is 64.3 Å². The second-order valence-corrected chi connectivity index (χ2v) is 12.4. The lowest BCUT2D eigenvalue weighted by molar-refractivity contribution is 0.0941. The molecule has 1 unspecified atom stereocenters. The van der Waals surface area contributed by atoms with Gasteiger partial charge in [-0.15, -0.1) is 11.3 Å². The van der Waals surface area contributed by atoms with Gasteiger partial charge in [0, 0.05) is 16.5 Å². The fourth-order valence-electron chi connectivity index (χ4n) is 4.48. The molecule has 2 aliphatic rings. The van der Waals surface area contributed by atoms with Crippen molar-refractivity contribution in [3.63, 3.8) is 0 Å². The maximum Gasteiger partial charge on any atom is 0.256 e. The Hall–Kier alpha value is -2.39. The van der Waals surface area contributed by atoms with E-state index in [1.54, 1.807) is 24.3 Å². The zero-order valence-corrected chi connectivity index (χ0v) is 21.2. The Labute approximate surface area is 205 Å². The van der Waals surface area contributed by atoms with Crippen LogP contribution in [0.1, 0.15) is 76.6 Å². The number of anilines is 1. The van der Waals surface area contributed by atoms with Crippen LogP contribution in [0.25, 0.3) is 0 Å². The molecule has 184 valence electrons. The fraction of sp³-hybridized carbons (Fsp3) is 0.520. The molecule has 1 aromatic heterocycles. The smallest absolute Gasteiger partial charge is 0.256 e. The predicted molar refractivity (Wildman–Crippen MR) is 135 cm³/mol. The van der Waals surface area contributed by atoms with Crippen molar-refractivity contribution in [3.05, 3.63) is 45.8 Å². The number of unbranched alkanes of at least 4 members (excludes halogenated alkanes) is 2. The van der Waals surface area contributed by atoms with Crippen LogP contribution < -0.4 is 15.4 Å². The number of carbonyl (C=O) groups is 2. The van der Waals surface area contributed by atoms with E-state index in [9.17, 15) is 18.0 Å². The molecular weight excluding hydrogens is 472 g/mol. The summed E-state index contributed by atoms with van der Waals surface area (Å²) in [6.07, 6.45) is 7.41. The summed E-state index contributed by atoms with van der Waals surface area (Å²) in [5.41, 5.74) is 1.97. The van der Waals surface area contributed by atoms with E-state index in [0.29, 0.717) is 29.2 Å². The molecule has 1 aliphatic heterocycles. The third kappa shape index (κ3) is 5.99. The number of hydrogen-bond acceptors (Lipinski definition) is 6. The van der Waals surface area contributed by atoms with Gasteiger partial charge in [-0.25, -0.2) is 8.42 Å². The molecule has 1 aromatic carbocycles. The number of nitrogens with one attached hydrogen (secondary N) is 2. The van der Waals surface area contributed by atoms with Gasteiger partial charge in [-0.3, -0.25) is 9.59 Å². The molecule has 1 atom stereocenters. The normalized spacial score (nSPS) is 18.8. The zero-order chi connectivity index (χ0) is 24.1.